The maximum Gasteiger partial charge on any atom is 0.354 e. The minimum absolute atomic E-state index is 0.000357. The van der Waals surface area contributed by atoms with Crippen LogP contribution < -0.4 is 4.18 Å². The standard InChI is InChI=1S/C17H16N2O7S/c1-27(23,24)26-12-7-13(18-14(8-12)17(21)22)16(20)19-10-25-9-15(19)11-5-3-2-4-6-11/h2-8,15H,9-10H2,1H3,(H,21,22). The van der Waals surface area contributed by atoms with Crippen LogP contribution in [-0.2, 0) is 14.9 Å². The van der Waals surface area contributed by atoms with Gasteiger partial charge in [-0.25, -0.2) is 9.78 Å². The van der Waals surface area contributed by atoms with E-state index < -0.39 is 27.7 Å². The van der Waals surface area contributed by atoms with Crippen molar-refractivity contribution < 1.29 is 32.0 Å². The molecule has 0 aliphatic carbocycles. The molecule has 0 radical (unpaired) electrons. The van der Waals surface area contributed by atoms with Gasteiger partial charge in [-0.3, -0.25) is 4.79 Å². The average Bonchev–Trinajstić information content (AvgIpc) is 3.09. The number of nitrogens with zero attached hydrogens (tertiary/aromatic N) is 2. The van der Waals surface area contributed by atoms with Gasteiger partial charge in [-0.2, -0.15) is 8.42 Å². The minimum Gasteiger partial charge on any atom is -0.477 e. The molecule has 0 spiro atoms. The van der Waals surface area contributed by atoms with Crippen molar-refractivity contribution in [3.63, 3.8) is 0 Å². The molecule has 1 aliphatic heterocycles. The first kappa shape index (κ1) is 18.8. The van der Waals surface area contributed by atoms with E-state index >= 15 is 0 Å². The van der Waals surface area contributed by atoms with Crippen molar-refractivity contribution in [1.29, 1.82) is 0 Å². The second-order valence-corrected chi connectivity index (χ2v) is 7.44. The maximum absolute atomic E-state index is 12.9. The molecular weight excluding hydrogens is 376 g/mol. The van der Waals surface area contributed by atoms with Crippen LogP contribution in [0.3, 0.4) is 0 Å². The van der Waals surface area contributed by atoms with E-state index in [0.717, 1.165) is 24.0 Å². The van der Waals surface area contributed by atoms with Crippen LogP contribution in [0.15, 0.2) is 42.5 Å². The Morgan fingerprint density at radius 1 is 1.22 bits per heavy atom. The molecule has 2 aromatic rings. The fourth-order valence-electron chi connectivity index (χ4n) is 2.69. The molecule has 9 nitrogen and oxygen atoms in total. The van der Waals surface area contributed by atoms with Crippen LogP contribution in [-0.4, -0.2) is 54.9 Å². The molecule has 27 heavy (non-hydrogen) atoms. The Morgan fingerprint density at radius 3 is 2.52 bits per heavy atom. The van der Waals surface area contributed by atoms with Gasteiger partial charge in [0.05, 0.1) is 18.9 Å². The van der Waals surface area contributed by atoms with Crippen molar-refractivity contribution in [3.8, 4) is 5.75 Å². The summed E-state index contributed by atoms with van der Waals surface area (Å²) in [6.07, 6.45) is 0.815. The van der Waals surface area contributed by atoms with Crippen LogP contribution in [0.2, 0.25) is 0 Å². The van der Waals surface area contributed by atoms with E-state index in [2.05, 4.69) is 4.98 Å². The highest BCUT2D eigenvalue weighted by molar-refractivity contribution is 7.86. The third-order valence-electron chi connectivity index (χ3n) is 3.81. The zero-order valence-corrected chi connectivity index (χ0v) is 15.0. The fraction of sp³-hybridized carbons (Fsp3) is 0.235. The van der Waals surface area contributed by atoms with Crippen molar-refractivity contribution in [2.45, 2.75) is 6.04 Å². The van der Waals surface area contributed by atoms with Crippen molar-refractivity contribution in [2.75, 3.05) is 19.6 Å². The lowest BCUT2D eigenvalue weighted by atomic mass is 10.1. The SMILES string of the molecule is CS(=O)(=O)Oc1cc(C(=O)O)nc(C(=O)N2COCC2c2ccccc2)c1. The molecule has 1 aromatic heterocycles. The van der Waals surface area contributed by atoms with E-state index in [-0.39, 0.29) is 30.8 Å². The van der Waals surface area contributed by atoms with Crippen molar-refractivity contribution >= 4 is 22.0 Å². The first-order valence-corrected chi connectivity index (χ1v) is 9.65. The molecule has 1 N–H and O–H groups in total. The summed E-state index contributed by atoms with van der Waals surface area (Å²) in [6, 6.07) is 10.9. The van der Waals surface area contributed by atoms with Gasteiger partial charge in [-0.1, -0.05) is 30.3 Å². The number of rotatable bonds is 5. The number of carboxylic acids is 1. The number of pyridine rings is 1. The third-order valence-corrected chi connectivity index (χ3v) is 4.31. The highest BCUT2D eigenvalue weighted by atomic mass is 32.2. The van der Waals surface area contributed by atoms with Crippen molar-refractivity contribution in [2.24, 2.45) is 0 Å². The lowest BCUT2D eigenvalue weighted by Gasteiger charge is -2.22. The van der Waals surface area contributed by atoms with Gasteiger partial charge in [0.1, 0.15) is 18.2 Å². The summed E-state index contributed by atoms with van der Waals surface area (Å²) in [5.74, 6) is -2.31. The van der Waals surface area contributed by atoms with Gasteiger partial charge >= 0.3 is 16.1 Å². The number of carboxylic acid groups (broad SMARTS) is 1. The molecule has 1 atom stereocenters. The number of aromatic nitrogens is 1. The van der Waals surface area contributed by atoms with Crippen molar-refractivity contribution in [3.05, 3.63) is 59.4 Å². The third kappa shape index (κ3) is 4.41. The predicted molar refractivity (Wildman–Crippen MR) is 92.8 cm³/mol. The molecule has 142 valence electrons. The number of benzene rings is 1. The molecule has 0 saturated carbocycles. The number of hydrogen-bond donors (Lipinski definition) is 1. The average molecular weight is 392 g/mol. The van der Waals surface area contributed by atoms with Gasteiger partial charge in [-0.15, -0.1) is 0 Å². The number of ether oxygens (including phenoxy) is 1. The monoisotopic (exact) mass is 392 g/mol. The minimum atomic E-state index is -3.91. The largest absolute Gasteiger partial charge is 0.477 e. The Bertz CT molecular complexity index is 976. The first-order valence-electron chi connectivity index (χ1n) is 7.83. The van der Waals surface area contributed by atoms with Gasteiger partial charge in [0.2, 0.25) is 0 Å². The van der Waals surface area contributed by atoms with Gasteiger partial charge < -0.3 is 18.9 Å². The van der Waals surface area contributed by atoms with Crippen LogP contribution in [0.5, 0.6) is 5.75 Å². The van der Waals surface area contributed by atoms with E-state index in [4.69, 9.17) is 8.92 Å². The summed E-state index contributed by atoms with van der Waals surface area (Å²) in [5.41, 5.74) is 0.0983. The Morgan fingerprint density at radius 2 is 1.89 bits per heavy atom. The quantitative estimate of drug-likeness (QED) is 0.755. The van der Waals surface area contributed by atoms with Crippen LogP contribution in [0, 0.1) is 0 Å². The van der Waals surface area contributed by atoms with E-state index in [9.17, 15) is 23.1 Å². The van der Waals surface area contributed by atoms with Crippen molar-refractivity contribution in [1.82, 2.24) is 9.88 Å². The molecule has 10 heteroatoms. The lowest BCUT2D eigenvalue weighted by molar-refractivity contribution is 0.0651. The smallest absolute Gasteiger partial charge is 0.354 e. The summed E-state index contributed by atoms with van der Waals surface area (Å²) < 4.78 is 32.8. The number of carbonyl (C=O) groups is 2. The summed E-state index contributed by atoms with van der Waals surface area (Å²) in [6.45, 7) is 0.278. The van der Waals surface area contributed by atoms with Crippen LogP contribution >= 0.6 is 0 Å². The van der Waals surface area contributed by atoms with Gasteiger partial charge in [0.25, 0.3) is 5.91 Å². The highest BCUT2D eigenvalue weighted by Crippen LogP contribution is 2.28. The summed E-state index contributed by atoms with van der Waals surface area (Å²) in [5, 5.41) is 9.19. The molecule has 1 aromatic carbocycles. The molecule has 1 aliphatic rings. The van der Waals surface area contributed by atoms with Crippen LogP contribution in [0.4, 0.5) is 0 Å². The second-order valence-electron chi connectivity index (χ2n) is 5.87. The zero-order valence-electron chi connectivity index (χ0n) is 14.2. The normalized spacial score (nSPS) is 16.9. The molecule has 3 rings (SSSR count). The van der Waals surface area contributed by atoms with E-state index in [0.29, 0.717) is 0 Å². The van der Waals surface area contributed by atoms with Gasteiger partial charge in [0.15, 0.2) is 5.69 Å². The Kier molecular flexibility index (Phi) is 5.10. The van der Waals surface area contributed by atoms with Crippen LogP contribution in [0.25, 0.3) is 0 Å². The number of carbonyl (C=O) groups excluding carboxylic acids is 1. The highest BCUT2D eigenvalue weighted by Gasteiger charge is 2.33. The Labute approximate surface area is 155 Å². The lowest BCUT2D eigenvalue weighted by Crippen LogP contribution is -2.32. The molecule has 1 unspecified atom stereocenters. The fourth-order valence-corrected chi connectivity index (χ4v) is 3.13. The summed E-state index contributed by atoms with van der Waals surface area (Å²) in [7, 11) is -3.91. The number of aromatic carboxylic acids is 1. The molecule has 0 bridgehead atoms. The van der Waals surface area contributed by atoms with E-state index in [1.807, 2.05) is 30.3 Å². The molecule has 1 amide bonds. The summed E-state index contributed by atoms with van der Waals surface area (Å²) >= 11 is 0. The predicted octanol–water partition coefficient (Wildman–Crippen LogP) is 1.29. The zero-order chi connectivity index (χ0) is 19.6. The molecule has 1 saturated heterocycles. The van der Waals surface area contributed by atoms with Gasteiger partial charge in [-0.05, 0) is 5.56 Å². The Balaban J connectivity index is 1.96. The van der Waals surface area contributed by atoms with E-state index in [1.165, 1.54) is 4.90 Å². The molecule has 2 heterocycles. The second kappa shape index (κ2) is 7.33. The Hall–Kier alpha value is -2.98. The first-order chi connectivity index (χ1) is 12.7. The molecular formula is C17H16N2O7S. The summed E-state index contributed by atoms with van der Waals surface area (Å²) in [4.78, 5) is 29.4. The van der Waals surface area contributed by atoms with Crippen LogP contribution in [0.1, 0.15) is 32.6 Å². The maximum atomic E-state index is 12.9. The molecule has 1 fully saturated rings. The number of hydrogen-bond acceptors (Lipinski definition) is 7. The van der Waals surface area contributed by atoms with E-state index in [1.54, 1.807) is 0 Å². The van der Waals surface area contributed by atoms with Gasteiger partial charge in [0, 0.05) is 12.1 Å². The topological polar surface area (TPSA) is 123 Å². The number of amides is 1.